The highest BCUT2D eigenvalue weighted by atomic mass is 79.9. The lowest BCUT2D eigenvalue weighted by molar-refractivity contribution is -0.143. The standard InChI is InChI=1S/C14H13BrFNO2/c1-14(2)10-11(14)13(19)17(12(10)18)6-7-3-8(15)5-9(16)4-7/h3-5,10-11H,6H2,1-2H3. The Morgan fingerprint density at radius 1 is 1.21 bits per heavy atom. The van der Waals surface area contributed by atoms with E-state index in [1.807, 2.05) is 13.8 Å². The molecule has 5 heteroatoms. The molecule has 1 heterocycles. The maximum atomic E-state index is 13.3. The summed E-state index contributed by atoms with van der Waals surface area (Å²) in [6, 6.07) is 4.41. The summed E-state index contributed by atoms with van der Waals surface area (Å²) in [5.74, 6) is -0.997. The van der Waals surface area contributed by atoms with Gasteiger partial charge in [-0.2, -0.15) is 0 Å². The third kappa shape index (κ3) is 1.83. The van der Waals surface area contributed by atoms with Crippen LogP contribution in [0.2, 0.25) is 0 Å². The fourth-order valence-electron chi connectivity index (χ4n) is 3.04. The highest BCUT2D eigenvalue weighted by Gasteiger charge is 2.72. The summed E-state index contributed by atoms with van der Waals surface area (Å²) in [4.78, 5) is 25.5. The van der Waals surface area contributed by atoms with E-state index in [-0.39, 0.29) is 41.4 Å². The normalized spacial score (nSPS) is 27.7. The van der Waals surface area contributed by atoms with Crippen molar-refractivity contribution in [2.24, 2.45) is 17.3 Å². The van der Waals surface area contributed by atoms with E-state index in [0.717, 1.165) is 0 Å². The molecule has 0 bridgehead atoms. The SMILES string of the molecule is CC1(C)C2C(=O)N(Cc3cc(F)cc(Br)c3)C(=O)C21. The van der Waals surface area contributed by atoms with Gasteiger partial charge in [-0.3, -0.25) is 14.5 Å². The van der Waals surface area contributed by atoms with Gasteiger partial charge in [-0.25, -0.2) is 4.39 Å². The van der Waals surface area contributed by atoms with Crippen LogP contribution in [0.25, 0.3) is 0 Å². The van der Waals surface area contributed by atoms with E-state index in [4.69, 9.17) is 0 Å². The number of likely N-dealkylation sites (tertiary alicyclic amines) is 1. The largest absolute Gasteiger partial charge is 0.278 e. The lowest BCUT2D eigenvalue weighted by atomic mass is 10.1. The van der Waals surface area contributed by atoms with Crippen LogP contribution in [0.15, 0.2) is 22.7 Å². The molecular formula is C14H13BrFNO2. The first-order valence-electron chi connectivity index (χ1n) is 6.12. The van der Waals surface area contributed by atoms with Crippen LogP contribution in [0.3, 0.4) is 0 Å². The first-order valence-corrected chi connectivity index (χ1v) is 6.92. The van der Waals surface area contributed by atoms with Gasteiger partial charge in [-0.15, -0.1) is 0 Å². The summed E-state index contributed by atoms with van der Waals surface area (Å²) in [6.45, 7) is 4.03. The van der Waals surface area contributed by atoms with Gasteiger partial charge in [0.2, 0.25) is 11.8 Å². The van der Waals surface area contributed by atoms with Crippen molar-refractivity contribution in [3.8, 4) is 0 Å². The highest BCUT2D eigenvalue weighted by Crippen LogP contribution is 2.63. The first kappa shape index (κ1) is 12.8. The second-order valence-electron chi connectivity index (χ2n) is 5.82. The van der Waals surface area contributed by atoms with Crippen LogP contribution in [0.1, 0.15) is 19.4 Å². The molecule has 2 atom stereocenters. The van der Waals surface area contributed by atoms with Crippen molar-refractivity contribution in [2.45, 2.75) is 20.4 Å². The number of piperidine rings is 1. The maximum Gasteiger partial charge on any atom is 0.233 e. The molecule has 1 saturated heterocycles. The van der Waals surface area contributed by atoms with Crippen molar-refractivity contribution in [1.82, 2.24) is 4.90 Å². The molecule has 1 saturated carbocycles. The minimum Gasteiger partial charge on any atom is -0.278 e. The van der Waals surface area contributed by atoms with Gasteiger partial charge in [-0.05, 0) is 29.2 Å². The van der Waals surface area contributed by atoms with Gasteiger partial charge >= 0.3 is 0 Å². The quantitative estimate of drug-likeness (QED) is 0.784. The van der Waals surface area contributed by atoms with Gasteiger partial charge in [0.15, 0.2) is 0 Å². The van der Waals surface area contributed by atoms with Gasteiger partial charge in [0.1, 0.15) is 5.82 Å². The lowest BCUT2D eigenvalue weighted by Crippen LogP contribution is -2.35. The zero-order chi connectivity index (χ0) is 13.9. The van der Waals surface area contributed by atoms with Crippen LogP contribution in [0, 0.1) is 23.1 Å². The molecule has 0 N–H and O–H groups in total. The number of carbonyl (C=O) groups excluding carboxylic acids is 2. The number of rotatable bonds is 2. The predicted octanol–water partition coefficient (Wildman–Crippen LogP) is 2.73. The van der Waals surface area contributed by atoms with Crippen LogP contribution >= 0.6 is 15.9 Å². The first-order chi connectivity index (χ1) is 8.82. The lowest BCUT2D eigenvalue weighted by Gasteiger charge is -2.20. The van der Waals surface area contributed by atoms with Crippen molar-refractivity contribution in [3.05, 3.63) is 34.1 Å². The number of carbonyl (C=O) groups is 2. The molecule has 1 aliphatic heterocycles. The summed E-state index contributed by atoms with van der Waals surface area (Å²) in [5.41, 5.74) is 0.417. The van der Waals surface area contributed by atoms with Crippen LogP contribution in [-0.4, -0.2) is 16.7 Å². The third-order valence-electron chi connectivity index (χ3n) is 4.15. The van der Waals surface area contributed by atoms with E-state index < -0.39 is 0 Å². The fraction of sp³-hybridized carbons (Fsp3) is 0.429. The Morgan fingerprint density at radius 3 is 2.32 bits per heavy atom. The summed E-state index contributed by atoms with van der Waals surface area (Å²) < 4.78 is 13.9. The summed E-state index contributed by atoms with van der Waals surface area (Å²) in [6.07, 6.45) is 0. The molecule has 1 aromatic rings. The number of fused-ring (bicyclic) bond motifs is 1. The zero-order valence-electron chi connectivity index (χ0n) is 10.6. The molecule has 3 nitrogen and oxygen atoms in total. The van der Waals surface area contributed by atoms with E-state index in [1.54, 1.807) is 6.07 Å². The number of nitrogens with zero attached hydrogens (tertiary/aromatic N) is 1. The zero-order valence-corrected chi connectivity index (χ0v) is 12.2. The monoisotopic (exact) mass is 325 g/mol. The minimum absolute atomic E-state index is 0.125. The molecule has 3 rings (SSSR count). The molecule has 2 amide bonds. The van der Waals surface area contributed by atoms with E-state index >= 15 is 0 Å². The Morgan fingerprint density at radius 2 is 1.79 bits per heavy atom. The molecule has 100 valence electrons. The van der Waals surface area contributed by atoms with Crippen LogP contribution in [0.4, 0.5) is 4.39 Å². The summed E-state index contributed by atoms with van der Waals surface area (Å²) >= 11 is 3.20. The molecule has 2 fully saturated rings. The number of hydrogen-bond acceptors (Lipinski definition) is 2. The van der Waals surface area contributed by atoms with Gasteiger partial charge in [0, 0.05) is 4.47 Å². The smallest absolute Gasteiger partial charge is 0.233 e. The maximum absolute atomic E-state index is 13.3. The Labute approximate surface area is 118 Å². The Bertz CT molecular complexity index is 555. The molecule has 2 unspecified atom stereocenters. The predicted molar refractivity (Wildman–Crippen MR) is 70.4 cm³/mol. The number of hydrogen-bond donors (Lipinski definition) is 0. The fourth-order valence-corrected chi connectivity index (χ4v) is 3.56. The summed E-state index contributed by atoms with van der Waals surface area (Å²) in [7, 11) is 0. The van der Waals surface area contributed by atoms with E-state index in [2.05, 4.69) is 15.9 Å². The van der Waals surface area contributed by atoms with Crippen molar-refractivity contribution in [3.63, 3.8) is 0 Å². The van der Waals surface area contributed by atoms with E-state index in [1.165, 1.54) is 17.0 Å². The van der Waals surface area contributed by atoms with E-state index in [0.29, 0.717) is 10.0 Å². The van der Waals surface area contributed by atoms with Crippen LogP contribution in [0.5, 0.6) is 0 Å². The molecule has 0 radical (unpaired) electrons. The highest BCUT2D eigenvalue weighted by molar-refractivity contribution is 9.10. The van der Waals surface area contributed by atoms with Crippen LogP contribution < -0.4 is 0 Å². The average Bonchev–Trinajstić information content (AvgIpc) is 2.75. The molecule has 0 spiro atoms. The van der Waals surface area contributed by atoms with Gasteiger partial charge < -0.3 is 0 Å². The Kier molecular flexibility index (Phi) is 2.61. The van der Waals surface area contributed by atoms with Crippen molar-refractivity contribution >= 4 is 27.7 Å². The molecular weight excluding hydrogens is 313 g/mol. The second kappa shape index (κ2) is 3.88. The number of amides is 2. The van der Waals surface area contributed by atoms with Crippen LogP contribution in [-0.2, 0) is 16.1 Å². The van der Waals surface area contributed by atoms with Crippen molar-refractivity contribution in [2.75, 3.05) is 0 Å². The average molecular weight is 326 g/mol. The van der Waals surface area contributed by atoms with Gasteiger partial charge in [-0.1, -0.05) is 29.8 Å². The van der Waals surface area contributed by atoms with Crippen molar-refractivity contribution in [1.29, 1.82) is 0 Å². The Balaban J connectivity index is 1.82. The van der Waals surface area contributed by atoms with Crippen molar-refractivity contribution < 1.29 is 14.0 Å². The van der Waals surface area contributed by atoms with E-state index in [9.17, 15) is 14.0 Å². The number of imide groups is 1. The number of benzene rings is 1. The molecule has 1 aliphatic carbocycles. The van der Waals surface area contributed by atoms with Gasteiger partial charge in [0.25, 0.3) is 0 Å². The second-order valence-corrected chi connectivity index (χ2v) is 6.73. The molecule has 1 aromatic carbocycles. The summed E-state index contributed by atoms with van der Waals surface area (Å²) in [5, 5.41) is 0. The van der Waals surface area contributed by atoms with Gasteiger partial charge in [0.05, 0.1) is 18.4 Å². The molecule has 0 aromatic heterocycles. The number of halogens is 2. The topological polar surface area (TPSA) is 37.4 Å². The molecule has 19 heavy (non-hydrogen) atoms. The molecule has 2 aliphatic rings. The Hall–Kier alpha value is -1.23. The third-order valence-corrected chi connectivity index (χ3v) is 4.61. The minimum atomic E-state index is -0.381.